The Kier molecular flexibility index (Phi) is 7.92. The zero-order valence-electron chi connectivity index (χ0n) is 15.4. The van der Waals surface area contributed by atoms with Gasteiger partial charge in [0, 0.05) is 11.1 Å². The number of hydrogen-bond acceptors (Lipinski definition) is 4. The highest BCUT2D eigenvalue weighted by Gasteiger charge is 2.26. The van der Waals surface area contributed by atoms with Gasteiger partial charge in [0.1, 0.15) is 6.54 Å². The Hall–Kier alpha value is -1.79. The summed E-state index contributed by atoms with van der Waals surface area (Å²) in [5.41, 5.74) is 0.200. The molecule has 2 N–H and O–H groups in total. The van der Waals surface area contributed by atoms with Crippen molar-refractivity contribution >= 4 is 41.0 Å². The van der Waals surface area contributed by atoms with Crippen molar-refractivity contribution in [2.24, 2.45) is 5.92 Å². The first-order chi connectivity index (χ1) is 12.8. The lowest BCUT2D eigenvalue weighted by Crippen LogP contribution is -2.46. The van der Waals surface area contributed by atoms with Gasteiger partial charge in [-0.25, -0.2) is 0 Å². The van der Waals surface area contributed by atoms with Crippen molar-refractivity contribution in [1.29, 1.82) is 0 Å². The van der Waals surface area contributed by atoms with Crippen LogP contribution >= 0.6 is 23.2 Å². The molecule has 0 spiro atoms. The highest BCUT2D eigenvalue weighted by molar-refractivity contribution is 6.36. The van der Waals surface area contributed by atoms with E-state index in [0.717, 1.165) is 19.3 Å². The minimum absolute atomic E-state index is 0.110. The molecule has 2 rings (SSSR count). The lowest BCUT2D eigenvalue weighted by molar-refractivity contribution is -0.154. The Morgan fingerprint density at radius 2 is 1.93 bits per heavy atom. The van der Waals surface area contributed by atoms with E-state index in [9.17, 15) is 14.4 Å². The summed E-state index contributed by atoms with van der Waals surface area (Å²) in [6.45, 7) is 3.26. The van der Waals surface area contributed by atoms with E-state index < -0.39 is 18.0 Å². The maximum absolute atomic E-state index is 12.2. The third kappa shape index (κ3) is 6.40. The number of halogens is 2. The molecule has 8 heteroatoms. The number of rotatable bonds is 6. The molecule has 0 unspecified atom stereocenters. The van der Waals surface area contributed by atoms with Gasteiger partial charge in [0.25, 0.3) is 11.8 Å². The van der Waals surface area contributed by atoms with Gasteiger partial charge < -0.3 is 15.4 Å². The van der Waals surface area contributed by atoms with Crippen LogP contribution in [0.3, 0.4) is 0 Å². The summed E-state index contributed by atoms with van der Waals surface area (Å²) < 4.78 is 5.10. The van der Waals surface area contributed by atoms with Gasteiger partial charge in [0.2, 0.25) is 0 Å². The van der Waals surface area contributed by atoms with Crippen LogP contribution in [-0.2, 0) is 14.3 Å². The molecule has 0 heterocycles. The summed E-state index contributed by atoms with van der Waals surface area (Å²) in [5.74, 6) is -1.14. The summed E-state index contributed by atoms with van der Waals surface area (Å²) in [6.07, 6.45) is 3.35. The fourth-order valence-corrected chi connectivity index (χ4v) is 3.54. The quantitative estimate of drug-likeness (QED) is 0.698. The third-order valence-corrected chi connectivity index (χ3v) is 5.23. The molecule has 1 fully saturated rings. The highest BCUT2D eigenvalue weighted by atomic mass is 35.5. The molecule has 1 aromatic rings. The van der Waals surface area contributed by atoms with Gasteiger partial charge in [0.05, 0.1) is 10.6 Å². The third-order valence-electron chi connectivity index (χ3n) is 4.69. The van der Waals surface area contributed by atoms with Gasteiger partial charge in [-0.3, -0.25) is 14.4 Å². The number of carbonyl (C=O) groups excluding carboxylic acids is 3. The minimum atomic E-state index is -0.928. The number of carbonyl (C=O) groups is 3. The number of hydrogen-bond donors (Lipinski definition) is 2. The SMILES string of the molecule is C[C@@H](OC(=O)CNC(=O)c1ccc(Cl)cc1Cl)C(=O)N[C@H]1CCCC[C@@H]1C. The number of ether oxygens (including phenoxy) is 1. The molecule has 1 aliphatic rings. The molecule has 1 aromatic carbocycles. The van der Waals surface area contributed by atoms with Crippen LogP contribution in [0.4, 0.5) is 0 Å². The molecule has 3 atom stereocenters. The number of amides is 2. The maximum atomic E-state index is 12.2. The molecule has 2 amide bonds. The predicted molar refractivity (Wildman–Crippen MR) is 104 cm³/mol. The van der Waals surface area contributed by atoms with E-state index in [1.54, 1.807) is 0 Å². The summed E-state index contributed by atoms with van der Waals surface area (Å²) in [5, 5.41) is 5.95. The van der Waals surface area contributed by atoms with Gasteiger partial charge in [0.15, 0.2) is 6.10 Å². The fraction of sp³-hybridized carbons (Fsp3) is 0.526. The van der Waals surface area contributed by atoms with Gasteiger partial charge in [-0.15, -0.1) is 0 Å². The average Bonchev–Trinajstić information content (AvgIpc) is 2.61. The van der Waals surface area contributed by atoms with Gasteiger partial charge in [-0.05, 0) is 43.9 Å². The molecule has 0 saturated heterocycles. The molecule has 27 heavy (non-hydrogen) atoms. The largest absolute Gasteiger partial charge is 0.451 e. The lowest BCUT2D eigenvalue weighted by atomic mass is 9.86. The van der Waals surface area contributed by atoms with Crippen LogP contribution in [0.5, 0.6) is 0 Å². The highest BCUT2D eigenvalue weighted by Crippen LogP contribution is 2.24. The minimum Gasteiger partial charge on any atom is -0.451 e. The fourth-order valence-electron chi connectivity index (χ4n) is 3.04. The van der Waals surface area contributed by atoms with E-state index >= 15 is 0 Å². The van der Waals surface area contributed by atoms with Crippen LogP contribution in [-0.4, -0.2) is 36.5 Å². The smallest absolute Gasteiger partial charge is 0.326 e. The van der Waals surface area contributed by atoms with Crippen molar-refractivity contribution in [3.05, 3.63) is 33.8 Å². The normalized spacial score (nSPS) is 20.4. The van der Waals surface area contributed by atoms with E-state index in [1.165, 1.54) is 31.5 Å². The number of nitrogens with one attached hydrogen (secondary N) is 2. The topological polar surface area (TPSA) is 84.5 Å². The second kappa shape index (κ2) is 9.95. The second-order valence-electron chi connectivity index (χ2n) is 6.82. The molecule has 0 bridgehead atoms. The zero-order chi connectivity index (χ0) is 20.0. The van der Waals surface area contributed by atoms with Crippen LogP contribution in [0.25, 0.3) is 0 Å². The first-order valence-corrected chi connectivity index (χ1v) is 9.76. The van der Waals surface area contributed by atoms with Crippen LogP contribution < -0.4 is 10.6 Å². The second-order valence-corrected chi connectivity index (χ2v) is 7.66. The average molecular weight is 415 g/mol. The van der Waals surface area contributed by atoms with Crippen LogP contribution in [0, 0.1) is 5.92 Å². The van der Waals surface area contributed by atoms with E-state index in [2.05, 4.69) is 17.6 Å². The van der Waals surface area contributed by atoms with E-state index in [1.807, 2.05) is 0 Å². The Morgan fingerprint density at radius 3 is 2.59 bits per heavy atom. The Balaban J connectivity index is 1.78. The van der Waals surface area contributed by atoms with E-state index in [0.29, 0.717) is 10.9 Å². The summed E-state index contributed by atoms with van der Waals surface area (Å²) in [6, 6.07) is 4.54. The van der Waals surface area contributed by atoms with Crippen LogP contribution in [0.2, 0.25) is 10.0 Å². The molecular weight excluding hydrogens is 391 g/mol. The first kappa shape index (κ1) is 21.5. The maximum Gasteiger partial charge on any atom is 0.326 e. The Bertz CT molecular complexity index is 711. The number of esters is 1. The monoisotopic (exact) mass is 414 g/mol. The van der Waals surface area contributed by atoms with Crippen molar-refractivity contribution in [2.45, 2.75) is 51.7 Å². The molecule has 0 radical (unpaired) electrons. The molecule has 1 saturated carbocycles. The lowest BCUT2D eigenvalue weighted by Gasteiger charge is -2.30. The number of benzene rings is 1. The molecule has 0 aromatic heterocycles. The zero-order valence-corrected chi connectivity index (χ0v) is 16.9. The molecule has 148 valence electrons. The predicted octanol–water partition coefficient (Wildman–Crippen LogP) is 3.35. The standard InChI is InChI=1S/C19H24Cl2N2O4/c1-11-5-3-4-6-16(11)23-18(25)12(2)27-17(24)10-22-19(26)14-8-7-13(20)9-15(14)21/h7-9,11-12,16H,3-6,10H2,1-2H3,(H,22,26)(H,23,25)/t11-,12+,16-/m0/s1. The van der Waals surface area contributed by atoms with E-state index in [-0.39, 0.29) is 29.1 Å². The van der Waals surface area contributed by atoms with Crippen molar-refractivity contribution in [2.75, 3.05) is 6.54 Å². The van der Waals surface area contributed by atoms with Crippen molar-refractivity contribution < 1.29 is 19.1 Å². The summed E-state index contributed by atoms with van der Waals surface area (Å²) in [7, 11) is 0. The van der Waals surface area contributed by atoms with Crippen molar-refractivity contribution in [3.8, 4) is 0 Å². The van der Waals surface area contributed by atoms with Gasteiger partial charge >= 0.3 is 5.97 Å². The summed E-state index contributed by atoms with van der Waals surface area (Å²) >= 11 is 11.7. The first-order valence-electron chi connectivity index (χ1n) is 9.01. The molecule has 1 aliphatic carbocycles. The van der Waals surface area contributed by atoms with Crippen LogP contribution in [0.15, 0.2) is 18.2 Å². The Morgan fingerprint density at radius 1 is 1.22 bits per heavy atom. The van der Waals surface area contributed by atoms with Gasteiger partial charge in [-0.1, -0.05) is 43.0 Å². The Labute approximate surface area is 168 Å². The van der Waals surface area contributed by atoms with Gasteiger partial charge in [-0.2, -0.15) is 0 Å². The van der Waals surface area contributed by atoms with Crippen molar-refractivity contribution in [3.63, 3.8) is 0 Å². The summed E-state index contributed by atoms with van der Waals surface area (Å²) in [4.78, 5) is 36.2. The van der Waals surface area contributed by atoms with E-state index in [4.69, 9.17) is 27.9 Å². The molecule has 0 aliphatic heterocycles. The molecular formula is C19H24Cl2N2O4. The van der Waals surface area contributed by atoms with Crippen molar-refractivity contribution in [1.82, 2.24) is 10.6 Å². The molecule has 6 nitrogen and oxygen atoms in total. The van der Waals surface area contributed by atoms with Crippen LogP contribution in [0.1, 0.15) is 49.9 Å².